The maximum atomic E-state index is 11.2. The highest BCUT2D eigenvalue weighted by Crippen LogP contribution is 2.23. The van der Waals surface area contributed by atoms with E-state index < -0.39 is 5.97 Å². The second kappa shape index (κ2) is 6.34. The first kappa shape index (κ1) is 15.9. The lowest BCUT2D eigenvalue weighted by atomic mass is 10.2. The number of carboxylic acids is 1. The van der Waals surface area contributed by atoms with E-state index in [0.717, 1.165) is 0 Å². The molecule has 106 valence electrons. The van der Waals surface area contributed by atoms with E-state index in [2.05, 4.69) is 9.97 Å². The van der Waals surface area contributed by atoms with Crippen LogP contribution in [0.2, 0.25) is 0 Å². The number of nitrogens with zero attached hydrogens (tertiary/aromatic N) is 2. The number of hydrogen-bond donors (Lipinski definition) is 1. The highest BCUT2D eigenvalue weighted by atomic mass is 32.2. The molecule has 1 aromatic heterocycles. The Morgan fingerprint density at radius 1 is 1.32 bits per heavy atom. The third kappa shape index (κ3) is 5.16. The van der Waals surface area contributed by atoms with Crippen LogP contribution < -0.4 is 0 Å². The Hall–Kier alpha value is -1.14. The molecule has 0 saturated carbocycles. The molecule has 1 rings (SSSR count). The number of rotatable bonds is 5. The minimum atomic E-state index is -0.989. The van der Waals surface area contributed by atoms with Gasteiger partial charge < -0.3 is 9.84 Å². The maximum absolute atomic E-state index is 11.2. The molecule has 0 aromatic carbocycles. The lowest BCUT2D eigenvalue weighted by molar-refractivity contribution is 0.00692. The SMILES string of the molecule is Cc1nc(C)c(C(=O)O)c(SCCOC(C)(C)C)n1. The average Bonchev–Trinajstić information content (AvgIpc) is 2.21. The van der Waals surface area contributed by atoms with Gasteiger partial charge in [-0.05, 0) is 34.6 Å². The van der Waals surface area contributed by atoms with Crippen molar-refractivity contribution >= 4 is 17.7 Å². The second-order valence-electron chi connectivity index (χ2n) is 5.15. The van der Waals surface area contributed by atoms with Gasteiger partial charge in [0.1, 0.15) is 16.4 Å². The van der Waals surface area contributed by atoms with Crippen LogP contribution in [0.15, 0.2) is 5.03 Å². The zero-order valence-electron chi connectivity index (χ0n) is 12.0. The molecule has 1 aromatic rings. The van der Waals surface area contributed by atoms with E-state index >= 15 is 0 Å². The zero-order valence-corrected chi connectivity index (χ0v) is 12.8. The predicted molar refractivity (Wildman–Crippen MR) is 74.9 cm³/mol. The first-order valence-electron chi connectivity index (χ1n) is 6.06. The Bertz CT molecular complexity index is 470. The third-order valence-corrected chi connectivity index (χ3v) is 3.18. The molecule has 0 fully saturated rings. The number of thioether (sulfide) groups is 1. The zero-order chi connectivity index (χ0) is 14.6. The summed E-state index contributed by atoms with van der Waals surface area (Å²) in [5, 5.41) is 9.71. The summed E-state index contributed by atoms with van der Waals surface area (Å²) in [4.78, 5) is 19.5. The first-order valence-corrected chi connectivity index (χ1v) is 7.04. The van der Waals surface area contributed by atoms with E-state index in [4.69, 9.17) is 4.74 Å². The molecule has 0 saturated heterocycles. The van der Waals surface area contributed by atoms with Crippen molar-refractivity contribution in [3.05, 3.63) is 17.1 Å². The van der Waals surface area contributed by atoms with E-state index in [1.54, 1.807) is 13.8 Å². The topological polar surface area (TPSA) is 72.3 Å². The fourth-order valence-corrected chi connectivity index (χ4v) is 2.45. The lowest BCUT2D eigenvalue weighted by Gasteiger charge is -2.19. The molecule has 19 heavy (non-hydrogen) atoms. The molecule has 0 atom stereocenters. The quantitative estimate of drug-likeness (QED) is 0.509. The van der Waals surface area contributed by atoms with Gasteiger partial charge in [0.2, 0.25) is 0 Å². The summed E-state index contributed by atoms with van der Waals surface area (Å²) < 4.78 is 5.60. The fraction of sp³-hybridized carbons (Fsp3) is 0.615. The van der Waals surface area contributed by atoms with Gasteiger partial charge in [-0.1, -0.05) is 0 Å². The molecule has 6 heteroatoms. The molecule has 0 radical (unpaired) electrons. The van der Waals surface area contributed by atoms with E-state index in [1.165, 1.54) is 11.8 Å². The average molecular weight is 284 g/mol. The van der Waals surface area contributed by atoms with E-state index in [1.807, 2.05) is 20.8 Å². The van der Waals surface area contributed by atoms with Gasteiger partial charge in [0.25, 0.3) is 0 Å². The summed E-state index contributed by atoms with van der Waals surface area (Å²) in [6.45, 7) is 9.95. The van der Waals surface area contributed by atoms with E-state index in [0.29, 0.717) is 28.9 Å². The van der Waals surface area contributed by atoms with Crippen molar-refractivity contribution in [3.63, 3.8) is 0 Å². The summed E-state index contributed by atoms with van der Waals surface area (Å²) in [5.41, 5.74) is 0.499. The Morgan fingerprint density at radius 3 is 2.47 bits per heavy atom. The molecule has 0 aliphatic carbocycles. The molecule has 0 unspecified atom stereocenters. The van der Waals surface area contributed by atoms with Crippen LogP contribution in [-0.4, -0.2) is 39.0 Å². The van der Waals surface area contributed by atoms with Gasteiger partial charge in [-0.25, -0.2) is 14.8 Å². The van der Waals surface area contributed by atoms with E-state index in [9.17, 15) is 9.90 Å². The molecule has 1 heterocycles. The molecular formula is C13H20N2O3S. The monoisotopic (exact) mass is 284 g/mol. The second-order valence-corrected chi connectivity index (χ2v) is 6.23. The maximum Gasteiger partial charge on any atom is 0.340 e. The Labute approximate surface area is 117 Å². The largest absolute Gasteiger partial charge is 0.478 e. The van der Waals surface area contributed by atoms with Crippen LogP contribution in [0.1, 0.15) is 42.6 Å². The molecule has 0 aliphatic heterocycles. The molecule has 0 amide bonds. The predicted octanol–water partition coefficient (Wildman–Crippen LogP) is 2.70. The van der Waals surface area contributed by atoms with Gasteiger partial charge in [-0.15, -0.1) is 11.8 Å². The lowest BCUT2D eigenvalue weighted by Crippen LogP contribution is -2.20. The molecule has 1 N–H and O–H groups in total. The number of ether oxygens (including phenoxy) is 1. The van der Waals surface area contributed by atoms with Gasteiger partial charge in [-0.3, -0.25) is 0 Å². The Morgan fingerprint density at radius 2 is 1.95 bits per heavy atom. The minimum Gasteiger partial charge on any atom is -0.478 e. The fourth-order valence-electron chi connectivity index (χ4n) is 1.52. The number of aromatic carboxylic acids is 1. The highest BCUT2D eigenvalue weighted by Gasteiger charge is 2.17. The number of carboxylic acid groups (broad SMARTS) is 1. The van der Waals surface area contributed by atoms with Crippen molar-refractivity contribution < 1.29 is 14.6 Å². The number of carbonyl (C=O) groups is 1. The molecule has 5 nitrogen and oxygen atoms in total. The summed E-state index contributed by atoms with van der Waals surface area (Å²) in [6.07, 6.45) is 0. The summed E-state index contributed by atoms with van der Waals surface area (Å²) in [5.74, 6) is 0.256. The molecule has 0 aliphatic rings. The van der Waals surface area contributed by atoms with Crippen LogP contribution in [0, 0.1) is 13.8 Å². The smallest absolute Gasteiger partial charge is 0.340 e. The molecule has 0 spiro atoms. The van der Waals surface area contributed by atoms with Crippen molar-refractivity contribution in [1.29, 1.82) is 0 Å². The van der Waals surface area contributed by atoms with Gasteiger partial charge in [0, 0.05) is 5.75 Å². The van der Waals surface area contributed by atoms with Gasteiger partial charge in [0.05, 0.1) is 17.9 Å². The van der Waals surface area contributed by atoms with Crippen molar-refractivity contribution in [3.8, 4) is 0 Å². The Kier molecular flexibility index (Phi) is 5.31. The molecule has 0 bridgehead atoms. The third-order valence-electron chi connectivity index (χ3n) is 2.24. The van der Waals surface area contributed by atoms with Crippen molar-refractivity contribution in [2.24, 2.45) is 0 Å². The summed E-state index contributed by atoms with van der Waals surface area (Å²) >= 11 is 1.39. The van der Waals surface area contributed by atoms with Crippen molar-refractivity contribution in [1.82, 2.24) is 9.97 Å². The van der Waals surface area contributed by atoms with Crippen LogP contribution >= 0.6 is 11.8 Å². The van der Waals surface area contributed by atoms with Crippen molar-refractivity contribution in [2.45, 2.75) is 45.2 Å². The summed E-state index contributed by atoms with van der Waals surface area (Å²) in [7, 11) is 0. The van der Waals surface area contributed by atoms with Gasteiger partial charge in [-0.2, -0.15) is 0 Å². The van der Waals surface area contributed by atoms with Gasteiger partial charge in [0.15, 0.2) is 0 Å². The van der Waals surface area contributed by atoms with E-state index in [-0.39, 0.29) is 11.2 Å². The first-order chi connectivity index (χ1) is 8.70. The Balaban J connectivity index is 2.75. The van der Waals surface area contributed by atoms with Crippen LogP contribution in [-0.2, 0) is 4.74 Å². The van der Waals surface area contributed by atoms with Crippen molar-refractivity contribution in [2.75, 3.05) is 12.4 Å². The number of aromatic nitrogens is 2. The molecular weight excluding hydrogens is 264 g/mol. The minimum absolute atomic E-state index is 0.186. The van der Waals surface area contributed by atoms with Crippen LogP contribution in [0.5, 0.6) is 0 Å². The van der Waals surface area contributed by atoms with Crippen LogP contribution in [0.4, 0.5) is 0 Å². The number of hydrogen-bond acceptors (Lipinski definition) is 5. The summed E-state index contributed by atoms with van der Waals surface area (Å²) in [6, 6.07) is 0. The standard InChI is InChI=1S/C13H20N2O3S/c1-8-10(12(16)17)11(15-9(2)14-8)19-7-6-18-13(3,4)5/h6-7H2,1-5H3,(H,16,17). The number of aryl methyl sites for hydroxylation is 2. The van der Waals surface area contributed by atoms with Crippen LogP contribution in [0.25, 0.3) is 0 Å². The van der Waals surface area contributed by atoms with Crippen LogP contribution in [0.3, 0.4) is 0 Å². The highest BCUT2D eigenvalue weighted by molar-refractivity contribution is 7.99. The normalized spacial score (nSPS) is 11.6. The van der Waals surface area contributed by atoms with Gasteiger partial charge >= 0.3 is 5.97 Å².